The van der Waals surface area contributed by atoms with Crippen molar-refractivity contribution < 1.29 is 17.6 Å². The van der Waals surface area contributed by atoms with Crippen LogP contribution < -0.4 is 0 Å². The molecule has 0 saturated heterocycles. The SMILES string of the molecule is Cc1cc2c(c(F)c1F)C(F)(F)C(C1CCCCC1)C2. The van der Waals surface area contributed by atoms with Crippen molar-refractivity contribution in [1.29, 1.82) is 0 Å². The molecular formula is C16H18F4. The van der Waals surface area contributed by atoms with E-state index in [0.29, 0.717) is 5.56 Å². The van der Waals surface area contributed by atoms with E-state index in [1.165, 1.54) is 13.0 Å². The molecule has 0 bridgehead atoms. The highest BCUT2D eigenvalue weighted by Gasteiger charge is 2.53. The predicted molar refractivity (Wildman–Crippen MR) is 68.8 cm³/mol. The zero-order valence-corrected chi connectivity index (χ0v) is 11.5. The molecule has 0 spiro atoms. The van der Waals surface area contributed by atoms with Gasteiger partial charge in [0, 0.05) is 5.92 Å². The molecule has 1 aromatic carbocycles. The number of alkyl halides is 2. The quantitative estimate of drug-likeness (QED) is 0.629. The van der Waals surface area contributed by atoms with Gasteiger partial charge in [0.15, 0.2) is 11.6 Å². The van der Waals surface area contributed by atoms with E-state index in [1.54, 1.807) is 0 Å². The maximum absolute atomic E-state index is 14.6. The minimum Gasteiger partial charge on any atom is -0.203 e. The van der Waals surface area contributed by atoms with Crippen LogP contribution in [0.5, 0.6) is 0 Å². The first kappa shape index (κ1) is 13.9. The van der Waals surface area contributed by atoms with E-state index in [1.807, 2.05) is 0 Å². The first-order chi connectivity index (χ1) is 9.43. The number of rotatable bonds is 1. The fourth-order valence-electron chi connectivity index (χ4n) is 3.89. The Morgan fingerprint density at radius 3 is 2.35 bits per heavy atom. The summed E-state index contributed by atoms with van der Waals surface area (Å²) < 4.78 is 56.6. The third kappa shape index (κ3) is 1.95. The Balaban J connectivity index is 2.01. The topological polar surface area (TPSA) is 0 Å². The van der Waals surface area contributed by atoms with Gasteiger partial charge in [-0.3, -0.25) is 0 Å². The second-order valence-electron chi connectivity index (χ2n) is 6.19. The van der Waals surface area contributed by atoms with Crippen molar-refractivity contribution in [2.24, 2.45) is 11.8 Å². The van der Waals surface area contributed by atoms with Crippen LogP contribution >= 0.6 is 0 Å². The summed E-state index contributed by atoms with van der Waals surface area (Å²) in [5.74, 6) is -6.66. The van der Waals surface area contributed by atoms with Gasteiger partial charge < -0.3 is 0 Å². The standard InChI is InChI=1S/C16H18F4/c1-9-7-11-8-12(10-5-3-2-4-6-10)16(19,20)13(11)15(18)14(9)17/h7,10,12H,2-6,8H2,1H3. The van der Waals surface area contributed by atoms with Gasteiger partial charge in [0.05, 0.1) is 5.56 Å². The highest BCUT2D eigenvalue weighted by atomic mass is 19.3. The summed E-state index contributed by atoms with van der Waals surface area (Å²) in [6.07, 6.45) is 4.73. The normalized spacial score (nSPS) is 25.8. The number of hydrogen-bond donors (Lipinski definition) is 0. The maximum Gasteiger partial charge on any atom is 0.279 e. The third-order valence-corrected chi connectivity index (χ3v) is 4.93. The molecule has 1 aromatic rings. The third-order valence-electron chi connectivity index (χ3n) is 4.93. The second-order valence-corrected chi connectivity index (χ2v) is 6.19. The van der Waals surface area contributed by atoms with Crippen molar-refractivity contribution in [3.05, 3.63) is 34.4 Å². The van der Waals surface area contributed by atoms with Crippen molar-refractivity contribution in [2.45, 2.75) is 51.4 Å². The number of halogens is 4. The molecule has 110 valence electrons. The number of benzene rings is 1. The van der Waals surface area contributed by atoms with Crippen LogP contribution in [0, 0.1) is 30.4 Å². The van der Waals surface area contributed by atoms with Crippen molar-refractivity contribution >= 4 is 0 Å². The summed E-state index contributed by atoms with van der Waals surface area (Å²) in [6, 6.07) is 1.39. The van der Waals surface area contributed by atoms with Crippen LogP contribution in [0.4, 0.5) is 17.6 Å². The Kier molecular flexibility index (Phi) is 3.30. The lowest BCUT2D eigenvalue weighted by Crippen LogP contribution is -2.30. The van der Waals surface area contributed by atoms with Gasteiger partial charge in [0.2, 0.25) is 0 Å². The highest BCUT2D eigenvalue weighted by molar-refractivity contribution is 5.42. The van der Waals surface area contributed by atoms with Gasteiger partial charge in [-0.05, 0) is 43.2 Å². The minimum atomic E-state index is -3.24. The molecule has 0 radical (unpaired) electrons. The number of aryl methyl sites for hydroxylation is 1. The molecule has 1 saturated carbocycles. The Hall–Kier alpha value is -1.06. The van der Waals surface area contributed by atoms with Crippen molar-refractivity contribution in [3.63, 3.8) is 0 Å². The molecule has 0 aliphatic heterocycles. The van der Waals surface area contributed by atoms with E-state index in [-0.39, 0.29) is 17.9 Å². The van der Waals surface area contributed by atoms with Gasteiger partial charge >= 0.3 is 0 Å². The Morgan fingerprint density at radius 1 is 1.05 bits per heavy atom. The molecule has 1 unspecified atom stereocenters. The lowest BCUT2D eigenvalue weighted by Gasteiger charge is -2.31. The molecular weight excluding hydrogens is 268 g/mol. The molecule has 1 atom stereocenters. The molecule has 1 fully saturated rings. The van der Waals surface area contributed by atoms with E-state index in [9.17, 15) is 17.6 Å². The van der Waals surface area contributed by atoms with Crippen molar-refractivity contribution in [1.82, 2.24) is 0 Å². The Morgan fingerprint density at radius 2 is 1.70 bits per heavy atom. The highest BCUT2D eigenvalue weighted by Crippen LogP contribution is 2.53. The molecule has 0 N–H and O–H groups in total. The van der Waals surface area contributed by atoms with Gasteiger partial charge in [0.25, 0.3) is 5.92 Å². The van der Waals surface area contributed by atoms with E-state index in [2.05, 4.69) is 0 Å². The molecule has 0 aromatic heterocycles. The molecule has 2 aliphatic carbocycles. The first-order valence-corrected chi connectivity index (χ1v) is 7.28. The predicted octanol–water partition coefficient (Wildman–Crippen LogP) is 5.12. The summed E-state index contributed by atoms with van der Waals surface area (Å²) >= 11 is 0. The Labute approximate surface area is 116 Å². The molecule has 0 nitrogen and oxygen atoms in total. The van der Waals surface area contributed by atoms with Crippen LogP contribution in [0.2, 0.25) is 0 Å². The van der Waals surface area contributed by atoms with E-state index >= 15 is 0 Å². The lowest BCUT2D eigenvalue weighted by atomic mass is 9.77. The van der Waals surface area contributed by atoms with Gasteiger partial charge in [-0.1, -0.05) is 25.3 Å². The van der Waals surface area contributed by atoms with Gasteiger partial charge in [0.1, 0.15) is 0 Å². The zero-order valence-electron chi connectivity index (χ0n) is 11.5. The van der Waals surface area contributed by atoms with Gasteiger partial charge in [-0.25, -0.2) is 17.6 Å². The Bertz CT molecular complexity index is 530. The van der Waals surface area contributed by atoms with Crippen LogP contribution in [0.3, 0.4) is 0 Å². The van der Waals surface area contributed by atoms with Gasteiger partial charge in [-0.2, -0.15) is 0 Å². The van der Waals surface area contributed by atoms with Crippen LogP contribution in [-0.2, 0) is 12.3 Å². The average Bonchev–Trinajstić information content (AvgIpc) is 2.68. The van der Waals surface area contributed by atoms with Crippen LogP contribution in [0.25, 0.3) is 0 Å². The first-order valence-electron chi connectivity index (χ1n) is 7.28. The van der Waals surface area contributed by atoms with Crippen LogP contribution in [-0.4, -0.2) is 0 Å². The van der Waals surface area contributed by atoms with Crippen molar-refractivity contribution in [3.8, 4) is 0 Å². The smallest absolute Gasteiger partial charge is 0.203 e. The van der Waals surface area contributed by atoms with Crippen molar-refractivity contribution in [2.75, 3.05) is 0 Å². The molecule has 20 heavy (non-hydrogen) atoms. The molecule has 2 aliphatic rings. The lowest BCUT2D eigenvalue weighted by molar-refractivity contribution is -0.0822. The average molecular weight is 286 g/mol. The zero-order chi connectivity index (χ0) is 14.5. The molecule has 0 heterocycles. The monoisotopic (exact) mass is 286 g/mol. The molecule has 3 rings (SSSR count). The summed E-state index contributed by atoms with van der Waals surface area (Å²) in [5, 5.41) is 0. The van der Waals surface area contributed by atoms with E-state index in [0.717, 1.165) is 32.1 Å². The van der Waals surface area contributed by atoms with E-state index in [4.69, 9.17) is 0 Å². The summed E-state index contributed by atoms with van der Waals surface area (Å²) in [7, 11) is 0. The minimum absolute atomic E-state index is 0.0751. The summed E-state index contributed by atoms with van der Waals surface area (Å²) in [5.41, 5.74) is -0.278. The second kappa shape index (κ2) is 4.74. The largest absolute Gasteiger partial charge is 0.279 e. The molecule has 0 amide bonds. The van der Waals surface area contributed by atoms with Crippen LogP contribution in [0.15, 0.2) is 6.07 Å². The summed E-state index contributed by atoms with van der Waals surface area (Å²) in [4.78, 5) is 0. The molecule has 4 heteroatoms. The van der Waals surface area contributed by atoms with Gasteiger partial charge in [-0.15, -0.1) is 0 Å². The number of hydrogen-bond acceptors (Lipinski definition) is 0. The summed E-state index contributed by atoms with van der Waals surface area (Å²) in [6.45, 7) is 1.42. The fraction of sp³-hybridized carbons (Fsp3) is 0.625. The number of fused-ring (bicyclic) bond motifs is 1. The fourth-order valence-corrected chi connectivity index (χ4v) is 3.89. The van der Waals surface area contributed by atoms with E-state index < -0.39 is 29.0 Å². The maximum atomic E-state index is 14.6. The van der Waals surface area contributed by atoms with Crippen LogP contribution in [0.1, 0.15) is 48.8 Å².